The highest BCUT2D eigenvalue weighted by Gasteiger charge is 2.31. The van der Waals surface area contributed by atoms with E-state index in [4.69, 9.17) is 18.6 Å². The van der Waals surface area contributed by atoms with E-state index < -0.39 is 19.8 Å². The molecule has 0 saturated heterocycles. The smallest absolute Gasteiger partial charge is 0.282 e. The second kappa shape index (κ2) is 9.82. The number of hydrogen-bond donors (Lipinski definition) is 1. The number of fused-ring (bicyclic) bond motifs is 1. The summed E-state index contributed by atoms with van der Waals surface area (Å²) >= 11 is 0. The molecule has 1 aliphatic rings. The molecule has 12 heteroatoms. The maximum absolute atomic E-state index is 13.7. The van der Waals surface area contributed by atoms with E-state index in [1.807, 2.05) is 0 Å². The molecular weight excluding hydrogens is 502 g/mol. The summed E-state index contributed by atoms with van der Waals surface area (Å²) in [7, 11) is -2.67. The van der Waals surface area contributed by atoms with Crippen LogP contribution >= 0.6 is 0 Å². The molecule has 0 bridgehead atoms. The van der Waals surface area contributed by atoms with Gasteiger partial charge >= 0.3 is 0 Å². The third kappa shape index (κ3) is 4.78. The Morgan fingerprint density at radius 1 is 1.03 bits per heavy atom. The Morgan fingerprint density at radius 3 is 2.49 bits per heavy atom. The lowest BCUT2D eigenvalue weighted by molar-refractivity contribution is -0.384. The van der Waals surface area contributed by atoms with Gasteiger partial charge in [-0.2, -0.15) is 4.98 Å². The normalized spacial score (nSPS) is 12.7. The number of methoxy groups -OCH3 is 1. The predicted molar refractivity (Wildman–Crippen MR) is 132 cm³/mol. The monoisotopic (exact) mass is 523 g/mol. The molecule has 4 aromatic rings. The number of nitro groups is 1. The fourth-order valence-corrected chi connectivity index (χ4v) is 5.05. The summed E-state index contributed by atoms with van der Waals surface area (Å²) in [6, 6.07) is 17.2. The van der Waals surface area contributed by atoms with E-state index in [1.165, 1.54) is 36.4 Å². The van der Waals surface area contributed by atoms with Crippen LogP contribution in [0.15, 0.2) is 81.1 Å². The van der Waals surface area contributed by atoms with Gasteiger partial charge in [-0.15, -0.1) is 0 Å². The van der Waals surface area contributed by atoms with Gasteiger partial charge in [0.1, 0.15) is 24.5 Å². The minimum absolute atomic E-state index is 0.0450. The Bertz CT molecular complexity index is 1570. The maximum atomic E-state index is 13.7. The van der Waals surface area contributed by atoms with Crippen LogP contribution in [0.1, 0.15) is 5.56 Å². The molecule has 1 N–H and O–H groups in total. The topological polar surface area (TPSA) is 143 Å². The van der Waals surface area contributed by atoms with E-state index in [0.717, 1.165) is 5.56 Å². The molecule has 0 fully saturated rings. The molecule has 0 aliphatic carbocycles. The summed E-state index contributed by atoms with van der Waals surface area (Å²) < 4.78 is 49.4. The first kappa shape index (κ1) is 24.1. The zero-order valence-corrected chi connectivity index (χ0v) is 20.4. The highest BCUT2D eigenvalue weighted by molar-refractivity contribution is 7.91. The van der Waals surface area contributed by atoms with Crippen molar-refractivity contribution >= 4 is 21.4 Å². The van der Waals surface area contributed by atoms with E-state index in [0.29, 0.717) is 23.9 Å². The van der Waals surface area contributed by atoms with Crippen molar-refractivity contribution in [2.24, 2.45) is 0 Å². The van der Waals surface area contributed by atoms with Crippen LogP contribution in [0.2, 0.25) is 0 Å². The Morgan fingerprint density at radius 2 is 1.76 bits per heavy atom. The van der Waals surface area contributed by atoms with E-state index in [2.05, 4.69) is 10.3 Å². The number of benzene rings is 3. The molecule has 5 rings (SSSR count). The SMILES string of the molecule is COc1ccc(CNc2oc(-c3ccccc3[N+](=O)[O-])nc2S(=O)(=O)c2ccc3c(c2)OCCO3)cc1. The van der Waals surface area contributed by atoms with Crippen LogP contribution in [0.3, 0.4) is 0 Å². The van der Waals surface area contributed by atoms with Crippen molar-refractivity contribution < 1.29 is 32.0 Å². The summed E-state index contributed by atoms with van der Waals surface area (Å²) in [5.74, 6) is 1.04. The average molecular weight is 524 g/mol. The summed E-state index contributed by atoms with van der Waals surface area (Å²) in [6.45, 7) is 0.844. The van der Waals surface area contributed by atoms with Gasteiger partial charge in [0.15, 0.2) is 11.5 Å². The van der Waals surface area contributed by atoms with E-state index in [1.54, 1.807) is 37.4 Å². The first-order chi connectivity index (χ1) is 17.9. The van der Waals surface area contributed by atoms with Gasteiger partial charge in [0, 0.05) is 18.7 Å². The molecule has 2 heterocycles. The Balaban J connectivity index is 1.57. The van der Waals surface area contributed by atoms with E-state index in [-0.39, 0.29) is 41.1 Å². The van der Waals surface area contributed by atoms with Crippen LogP contribution in [0.25, 0.3) is 11.5 Å². The van der Waals surface area contributed by atoms with Gasteiger partial charge in [0.25, 0.3) is 5.69 Å². The van der Waals surface area contributed by atoms with Crippen LogP contribution in [0.5, 0.6) is 17.2 Å². The second-order valence-corrected chi connectivity index (χ2v) is 9.80. The van der Waals surface area contributed by atoms with Gasteiger partial charge in [-0.25, -0.2) is 8.42 Å². The molecule has 0 radical (unpaired) electrons. The number of nitro benzene ring substituents is 1. The number of rotatable bonds is 8. The van der Waals surface area contributed by atoms with Crippen molar-refractivity contribution in [1.29, 1.82) is 0 Å². The number of para-hydroxylation sites is 1. The standard InChI is InChI=1S/C25H21N3O8S/c1-33-17-8-6-16(7-9-17)15-26-24-25(27-23(36-24)19-4-2-3-5-20(19)28(29)30)37(31,32)18-10-11-21-22(14-18)35-13-12-34-21/h2-11,14,26H,12-13,15H2,1H3. The van der Waals surface area contributed by atoms with Gasteiger partial charge in [0.2, 0.25) is 26.6 Å². The molecule has 37 heavy (non-hydrogen) atoms. The first-order valence-electron chi connectivity index (χ1n) is 11.1. The third-order valence-corrected chi connectivity index (χ3v) is 7.28. The first-order valence-corrected chi connectivity index (χ1v) is 12.6. The Hall–Kier alpha value is -4.58. The molecule has 11 nitrogen and oxygen atoms in total. The lowest BCUT2D eigenvalue weighted by Crippen LogP contribution is -2.16. The predicted octanol–water partition coefficient (Wildman–Crippen LogP) is 4.47. The molecule has 0 spiro atoms. The van der Waals surface area contributed by atoms with Gasteiger partial charge in [-0.05, 0) is 35.9 Å². The molecule has 0 amide bonds. The molecular formula is C25H21N3O8S. The van der Waals surface area contributed by atoms with Crippen molar-refractivity contribution in [3.63, 3.8) is 0 Å². The fourth-order valence-electron chi connectivity index (χ4n) is 3.76. The lowest BCUT2D eigenvalue weighted by atomic mass is 10.2. The largest absolute Gasteiger partial charge is 0.497 e. The molecule has 1 aromatic heterocycles. The Labute approximate surface area is 211 Å². The molecule has 0 unspecified atom stereocenters. The number of hydrogen-bond acceptors (Lipinski definition) is 10. The minimum Gasteiger partial charge on any atom is -0.497 e. The van der Waals surface area contributed by atoms with E-state index in [9.17, 15) is 18.5 Å². The molecule has 3 aromatic carbocycles. The number of oxazole rings is 1. The van der Waals surface area contributed by atoms with Crippen LogP contribution in [0, 0.1) is 10.1 Å². The number of nitrogens with one attached hydrogen (secondary N) is 1. The number of nitrogens with zero attached hydrogens (tertiary/aromatic N) is 2. The lowest BCUT2D eigenvalue weighted by Gasteiger charge is -2.18. The van der Waals surface area contributed by atoms with E-state index >= 15 is 0 Å². The zero-order chi connectivity index (χ0) is 26.0. The average Bonchev–Trinajstić information content (AvgIpc) is 3.37. The van der Waals surface area contributed by atoms with Gasteiger partial charge in [-0.1, -0.05) is 24.3 Å². The summed E-state index contributed by atoms with van der Waals surface area (Å²) in [5, 5.41) is 14.1. The van der Waals surface area contributed by atoms with Crippen LogP contribution in [0.4, 0.5) is 11.6 Å². The molecule has 190 valence electrons. The van der Waals surface area contributed by atoms with Gasteiger partial charge in [0.05, 0.1) is 16.9 Å². The quantitative estimate of drug-likeness (QED) is 0.259. The van der Waals surface area contributed by atoms with Crippen molar-refractivity contribution in [3.8, 4) is 28.7 Å². The van der Waals surface area contributed by atoms with Gasteiger partial charge < -0.3 is 23.9 Å². The highest BCUT2D eigenvalue weighted by atomic mass is 32.2. The van der Waals surface area contributed by atoms with Crippen LogP contribution in [-0.2, 0) is 16.4 Å². The minimum atomic E-state index is -4.23. The number of ether oxygens (including phenoxy) is 3. The summed E-state index contributed by atoms with van der Waals surface area (Å²) in [5.41, 5.74) is 0.587. The van der Waals surface area contributed by atoms with Gasteiger partial charge in [-0.3, -0.25) is 10.1 Å². The zero-order valence-electron chi connectivity index (χ0n) is 19.5. The van der Waals surface area contributed by atoms with Crippen LogP contribution < -0.4 is 19.5 Å². The van der Waals surface area contributed by atoms with Crippen molar-refractivity contribution in [1.82, 2.24) is 4.98 Å². The molecule has 0 saturated carbocycles. The molecule has 0 atom stereocenters. The number of anilines is 1. The summed E-state index contributed by atoms with van der Waals surface area (Å²) in [4.78, 5) is 15.1. The van der Waals surface area contributed by atoms with Crippen molar-refractivity contribution in [3.05, 3.63) is 82.4 Å². The maximum Gasteiger partial charge on any atom is 0.282 e. The highest BCUT2D eigenvalue weighted by Crippen LogP contribution is 2.38. The fraction of sp³-hybridized carbons (Fsp3) is 0.160. The third-order valence-electron chi connectivity index (χ3n) is 5.62. The van der Waals surface area contributed by atoms with Crippen LogP contribution in [-0.4, -0.2) is 38.6 Å². The number of sulfone groups is 1. The molecule has 1 aliphatic heterocycles. The second-order valence-electron chi connectivity index (χ2n) is 7.94. The summed E-state index contributed by atoms with van der Waals surface area (Å²) in [6.07, 6.45) is 0. The number of aromatic nitrogens is 1. The Kier molecular flexibility index (Phi) is 6.40. The van der Waals surface area contributed by atoms with Crippen molar-refractivity contribution in [2.75, 3.05) is 25.6 Å². The van der Waals surface area contributed by atoms with Crippen molar-refractivity contribution in [2.45, 2.75) is 16.5 Å².